The van der Waals surface area contributed by atoms with Crippen LogP contribution in [0.3, 0.4) is 0 Å². The van der Waals surface area contributed by atoms with Gasteiger partial charge in [-0.15, -0.1) is 0 Å². The molecule has 1 aliphatic carbocycles. The maximum atomic E-state index is 11.3. The summed E-state index contributed by atoms with van der Waals surface area (Å²) < 4.78 is 0. The number of amides is 1. The topological polar surface area (TPSA) is 58.4 Å². The van der Waals surface area contributed by atoms with Crippen LogP contribution in [0.1, 0.15) is 32.6 Å². The third kappa shape index (κ3) is 3.97. The zero-order valence-electron chi connectivity index (χ0n) is 12.4. The van der Waals surface area contributed by atoms with Crippen LogP contribution in [0.4, 0.5) is 11.4 Å². The molecule has 0 radical (unpaired) electrons. The van der Waals surface area contributed by atoms with Crippen molar-refractivity contribution in [2.75, 3.05) is 23.8 Å². The maximum Gasteiger partial charge on any atom is 0.223 e. The lowest BCUT2D eigenvalue weighted by atomic mass is 9.86. The summed E-state index contributed by atoms with van der Waals surface area (Å²) in [6.45, 7) is 2.58. The molecule has 0 aromatic heterocycles. The number of hydrogen-bond acceptors (Lipinski definition) is 3. The van der Waals surface area contributed by atoms with E-state index < -0.39 is 0 Å². The van der Waals surface area contributed by atoms with Crippen molar-refractivity contribution in [3.05, 3.63) is 24.3 Å². The van der Waals surface area contributed by atoms with E-state index >= 15 is 0 Å². The van der Waals surface area contributed by atoms with E-state index in [1.165, 1.54) is 12.8 Å². The van der Waals surface area contributed by atoms with Gasteiger partial charge in [0.2, 0.25) is 5.91 Å². The molecule has 3 N–H and O–H groups in total. The molecule has 4 nitrogen and oxygen atoms in total. The van der Waals surface area contributed by atoms with Crippen LogP contribution in [-0.4, -0.2) is 25.5 Å². The molecule has 1 amide bonds. The Bertz CT molecular complexity index is 436. The van der Waals surface area contributed by atoms with Crippen molar-refractivity contribution in [3.63, 3.8) is 0 Å². The van der Waals surface area contributed by atoms with E-state index in [1.54, 1.807) is 18.9 Å². The van der Waals surface area contributed by atoms with Crippen LogP contribution in [0, 0.1) is 5.92 Å². The Kier molecular flexibility index (Phi) is 5.01. The molecular weight excluding hydrogens is 250 g/mol. The van der Waals surface area contributed by atoms with Crippen molar-refractivity contribution in [3.8, 4) is 0 Å². The van der Waals surface area contributed by atoms with Crippen LogP contribution in [0.15, 0.2) is 24.3 Å². The lowest BCUT2D eigenvalue weighted by Gasteiger charge is -2.26. The van der Waals surface area contributed by atoms with Gasteiger partial charge < -0.3 is 16.0 Å². The van der Waals surface area contributed by atoms with Gasteiger partial charge in [-0.2, -0.15) is 0 Å². The van der Waals surface area contributed by atoms with Gasteiger partial charge in [0.15, 0.2) is 0 Å². The van der Waals surface area contributed by atoms with E-state index in [1.807, 2.05) is 24.3 Å². The predicted octanol–water partition coefficient (Wildman–Crippen LogP) is 2.60. The van der Waals surface area contributed by atoms with E-state index in [0.717, 1.165) is 36.7 Å². The first kappa shape index (κ1) is 14.9. The minimum absolute atomic E-state index is 0.0456. The van der Waals surface area contributed by atoms with Gasteiger partial charge in [0, 0.05) is 37.9 Å². The molecule has 2 rings (SSSR count). The van der Waals surface area contributed by atoms with Gasteiger partial charge in [0.25, 0.3) is 0 Å². The monoisotopic (exact) mass is 275 g/mol. The van der Waals surface area contributed by atoms with Crippen LogP contribution >= 0.6 is 0 Å². The van der Waals surface area contributed by atoms with Crippen molar-refractivity contribution >= 4 is 17.3 Å². The summed E-state index contributed by atoms with van der Waals surface area (Å²) in [6, 6.07) is 8.42. The number of carbonyl (C=O) groups excluding carboxylic acids is 1. The fourth-order valence-electron chi connectivity index (χ4n) is 2.64. The highest BCUT2D eigenvalue weighted by molar-refractivity contribution is 5.90. The predicted molar refractivity (Wildman–Crippen MR) is 83.9 cm³/mol. The molecule has 0 atom stereocenters. The number of anilines is 2. The number of carbonyl (C=O) groups is 1. The minimum atomic E-state index is 0.0456. The van der Waals surface area contributed by atoms with Crippen molar-refractivity contribution in [2.24, 2.45) is 11.7 Å². The number of nitrogens with one attached hydrogen (secondary N) is 1. The van der Waals surface area contributed by atoms with Gasteiger partial charge in [-0.3, -0.25) is 4.79 Å². The highest BCUT2D eigenvalue weighted by Gasteiger charge is 2.18. The first-order chi connectivity index (χ1) is 9.56. The third-order valence-corrected chi connectivity index (χ3v) is 4.21. The average Bonchev–Trinajstić information content (AvgIpc) is 2.46. The summed E-state index contributed by atoms with van der Waals surface area (Å²) in [7, 11) is 1.79. The standard InChI is InChI=1S/C16H25N3O/c1-12(20)19(2)16-9-7-15(8-10-16)18-11-13-3-5-14(17)6-4-13/h7-10,13-14,18H,3-6,11,17H2,1-2H3. The Labute approximate surface area is 121 Å². The van der Waals surface area contributed by atoms with Crippen molar-refractivity contribution in [1.82, 2.24) is 0 Å². The molecule has 110 valence electrons. The van der Waals surface area contributed by atoms with Gasteiger partial charge >= 0.3 is 0 Å². The Morgan fingerprint density at radius 3 is 2.40 bits per heavy atom. The lowest BCUT2D eigenvalue weighted by Crippen LogP contribution is -2.29. The molecule has 0 spiro atoms. The molecule has 1 fully saturated rings. The molecule has 4 heteroatoms. The molecule has 1 aromatic carbocycles. The Balaban J connectivity index is 1.83. The molecular formula is C16H25N3O. The van der Waals surface area contributed by atoms with Gasteiger partial charge in [-0.25, -0.2) is 0 Å². The molecule has 0 unspecified atom stereocenters. The van der Waals surface area contributed by atoms with E-state index in [4.69, 9.17) is 5.73 Å². The van der Waals surface area contributed by atoms with Gasteiger partial charge in [-0.05, 0) is 55.9 Å². The van der Waals surface area contributed by atoms with Crippen molar-refractivity contribution < 1.29 is 4.79 Å². The van der Waals surface area contributed by atoms with Crippen molar-refractivity contribution in [2.45, 2.75) is 38.6 Å². The van der Waals surface area contributed by atoms with Crippen LogP contribution < -0.4 is 16.0 Å². The summed E-state index contributed by atoms with van der Waals surface area (Å²) in [5.74, 6) is 0.777. The Morgan fingerprint density at radius 2 is 1.85 bits per heavy atom. The van der Waals surface area contributed by atoms with Crippen LogP contribution in [0.25, 0.3) is 0 Å². The molecule has 1 aromatic rings. The normalized spacial score (nSPS) is 22.4. The van der Waals surface area contributed by atoms with E-state index in [2.05, 4.69) is 5.32 Å². The molecule has 0 bridgehead atoms. The Hall–Kier alpha value is -1.55. The first-order valence-electron chi connectivity index (χ1n) is 7.40. The number of nitrogens with two attached hydrogens (primary N) is 1. The second kappa shape index (κ2) is 6.75. The summed E-state index contributed by atoms with van der Waals surface area (Å²) in [4.78, 5) is 12.9. The van der Waals surface area contributed by atoms with Crippen molar-refractivity contribution in [1.29, 1.82) is 0 Å². The second-order valence-electron chi connectivity index (χ2n) is 5.79. The van der Waals surface area contributed by atoms with Gasteiger partial charge in [0.1, 0.15) is 0 Å². The Morgan fingerprint density at radius 1 is 1.25 bits per heavy atom. The second-order valence-corrected chi connectivity index (χ2v) is 5.79. The zero-order chi connectivity index (χ0) is 14.5. The van der Waals surface area contributed by atoms with E-state index in [-0.39, 0.29) is 5.91 Å². The highest BCUT2D eigenvalue weighted by Crippen LogP contribution is 2.24. The van der Waals surface area contributed by atoms with Crippen LogP contribution in [-0.2, 0) is 4.79 Å². The molecule has 1 saturated carbocycles. The zero-order valence-corrected chi connectivity index (χ0v) is 12.4. The van der Waals surface area contributed by atoms with Gasteiger partial charge in [0.05, 0.1) is 0 Å². The number of nitrogens with zero attached hydrogens (tertiary/aromatic N) is 1. The number of rotatable bonds is 4. The first-order valence-corrected chi connectivity index (χ1v) is 7.40. The van der Waals surface area contributed by atoms with Gasteiger partial charge in [-0.1, -0.05) is 0 Å². The summed E-state index contributed by atoms with van der Waals surface area (Å²) in [5.41, 5.74) is 7.96. The molecule has 0 heterocycles. The molecule has 0 saturated heterocycles. The molecule has 0 aliphatic heterocycles. The lowest BCUT2D eigenvalue weighted by molar-refractivity contribution is -0.116. The van der Waals surface area contributed by atoms with E-state index in [9.17, 15) is 4.79 Å². The number of hydrogen-bond donors (Lipinski definition) is 2. The number of benzene rings is 1. The average molecular weight is 275 g/mol. The smallest absolute Gasteiger partial charge is 0.223 e. The highest BCUT2D eigenvalue weighted by atomic mass is 16.2. The molecule has 20 heavy (non-hydrogen) atoms. The van der Waals surface area contributed by atoms with Crippen LogP contribution in [0.5, 0.6) is 0 Å². The van der Waals surface area contributed by atoms with E-state index in [0.29, 0.717) is 6.04 Å². The summed E-state index contributed by atoms with van der Waals surface area (Å²) >= 11 is 0. The fourth-order valence-corrected chi connectivity index (χ4v) is 2.64. The minimum Gasteiger partial charge on any atom is -0.385 e. The third-order valence-electron chi connectivity index (χ3n) is 4.21. The maximum absolute atomic E-state index is 11.3. The largest absolute Gasteiger partial charge is 0.385 e. The van der Waals surface area contributed by atoms with Crippen LogP contribution in [0.2, 0.25) is 0 Å². The quantitative estimate of drug-likeness (QED) is 0.888. The summed E-state index contributed by atoms with van der Waals surface area (Å²) in [6.07, 6.45) is 4.74. The SMILES string of the molecule is CC(=O)N(C)c1ccc(NCC2CCC(N)CC2)cc1. The fraction of sp³-hybridized carbons (Fsp3) is 0.562. The summed E-state index contributed by atoms with van der Waals surface area (Å²) in [5, 5.41) is 3.48. The molecule has 1 aliphatic rings.